The van der Waals surface area contributed by atoms with Gasteiger partial charge in [-0.05, 0) is 48.9 Å². The normalized spacial score (nSPS) is 11.8. The number of primary sulfonamides is 1. The third kappa shape index (κ3) is 4.08. The van der Waals surface area contributed by atoms with Gasteiger partial charge in [0.25, 0.3) is 10.0 Å². The topological polar surface area (TPSA) is 130 Å². The molecule has 0 bridgehead atoms. The van der Waals surface area contributed by atoms with E-state index < -0.39 is 30.8 Å². The number of hydrogen-bond acceptors (Lipinski definition) is 5. The van der Waals surface area contributed by atoms with Gasteiger partial charge in [-0.25, -0.2) is 26.4 Å². The number of rotatable bonds is 4. The first-order valence-corrected chi connectivity index (χ1v) is 9.42. The lowest BCUT2D eigenvalue weighted by Gasteiger charge is -2.11. The Balaban J connectivity index is 2.49. The van der Waals surface area contributed by atoms with Crippen LogP contribution in [0.25, 0.3) is 0 Å². The lowest BCUT2D eigenvalue weighted by molar-refractivity contribution is 0.594. The Morgan fingerprint density at radius 2 is 1.71 bits per heavy atom. The Bertz CT molecular complexity index is 1060. The molecule has 0 aliphatic heterocycles. The van der Waals surface area contributed by atoms with Gasteiger partial charge in [-0.15, -0.1) is 0 Å². The third-order valence-corrected chi connectivity index (χ3v) is 5.20. The fourth-order valence-electron chi connectivity index (χ4n) is 1.97. The quantitative estimate of drug-likeness (QED) is 0.842. The van der Waals surface area contributed by atoms with Gasteiger partial charge in [0.15, 0.2) is 0 Å². The number of nitrogens with zero attached hydrogens (tertiary/aromatic N) is 1. The average molecular weight is 369 g/mol. The molecular weight excluding hydrogens is 357 g/mol. The Morgan fingerprint density at radius 1 is 1.04 bits per heavy atom. The van der Waals surface area contributed by atoms with E-state index in [9.17, 15) is 21.2 Å². The highest BCUT2D eigenvalue weighted by atomic mass is 32.2. The molecule has 10 heteroatoms. The monoisotopic (exact) mass is 369 g/mol. The maximum absolute atomic E-state index is 13.4. The summed E-state index contributed by atoms with van der Waals surface area (Å²) in [6.45, 7) is 1.56. The molecule has 0 aromatic heterocycles. The van der Waals surface area contributed by atoms with E-state index in [4.69, 9.17) is 10.4 Å². The molecular formula is C14H12FN3O4S2. The zero-order valence-electron chi connectivity index (χ0n) is 12.3. The number of benzene rings is 2. The molecule has 2 rings (SSSR count). The second-order valence-corrected chi connectivity index (χ2v) is 8.22. The maximum atomic E-state index is 13.4. The van der Waals surface area contributed by atoms with Gasteiger partial charge in [-0.1, -0.05) is 0 Å². The van der Waals surface area contributed by atoms with E-state index in [1.165, 1.54) is 12.1 Å². The van der Waals surface area contributed by atoms with Gasteiger partial charge >= 0.3 is 0 Å². The van der Waals surface area contributed by atoms with Gasteiger partial charge < -0.3 is 0 Å². The molecule has 7 nitrogen and oxygen atoms in total. The van der Waals surface area contributed by atoms with Crippen molar-refractivity contribution in [1.82, 2.24) is 0 Å². The summed E-state index contributed by atoms with van der Waals surface area (Å²) in [6, 6.07) is 8.01. The first-order valence-electron chi connectivity index (χ1n) is 6.39. The number of halogens is 1. The van der Waals surface area contributed by atoms with Crippen molar-refractivity contribution in [2.75, 3.05) is 4.72 Å². The second kappa shape index (κ2) is 6.20. The van der Waals surface area contributed by atoms with Crippen LogP contribution in [0.3, 0.4) is 0 Å². The zero-order valence-corrected chi connectivity index (χ0v) is 13.9. The Labute approximate surface area is 138 Å². The van der Waals surface area contributed by atoms with Crippen LogP contribution in [0.1, 0.15) is 11.1 Å². The Kier molecular flexibility index (Phi) is 4.61. The van der Waals surface area contributed by atoms with Gasteiger partial charge in [-0.2, -0.15) is 5.26 Å². The summed E-state index contributed by atoms with van der Waals surface area (Å²) < 4.78 is 63.1. The predicted octanol–water partition coefficient (Wildman–Crippen LogP) is 1.45. The van der Waals surface area contributed by atoms with E-state index in [1.807, 2.05) is 0 Å². The number of hydrogen-bond donors (Lipinski definition) is 2. The standard InChI is InChI=1S/C14H12FN3O4S2/c1-9-2-12(7-13(3-9)23(17,19)20)18-24(21,22)14-5-10(8-16)4-11(15)6-14/h2-7,18H,1H3,(H2,17,19,20). The zero-order chi connectivity index (χ0) is 18.1. The van der Waals surface area contributed by atoms with Gasteiger partial charge in [0.1, 0.15) is 5.82 Å². The molecule has 0 aliphatic carbocycles. The fraction of sp³-hybridized carbons (Fsp3) is 0.0714. The minimum absolute atomic E-state index is 0.0539. The molecule has 126 valence electrons. The van der Waals surface area contributed by atoms with Crippen LogP contribution in [-0.4, -0.2) is 16.8 Å². The van der Waals surface area contributed by atoms with E-state index in [0.29, 0.717) is 5.56 Å². The van der Waals surface area contributed by atoms with Crippen molar-refractivity contribution < 1.29 is 21.2 Å². The molecule has 0 radical (unpaired) electrons. The number of nitrogens with two attached hydrogens (primary N) is 1. The first kappa shape index (κ1) is 17.9. The van der Waals surface area contributed by atoms with Crippen LogP contribution in [0.4, 0.5) is 10.1 Å². The van der Waals surface area contributed by atoms with Crippen molar-refractivity contribution in [1.29, 1.82) is 5.26 Å². The van der Waals surface area contributed by atoms with Crippen LogP contribution < -0.4 is 9.86 Å². The van der Waals surface area contributed by atoms with Gasteiger partial charge in [0, 0.05) is 0 Å². The highest BCUT2D eigenvalue weighted by Crippen LogP contribution is 2.22. The van der Waals surface area contributed by atoms with Crippen molar-refractivity contribution in [2.24, 2.45) is 5.14 Å². The van der Waals surface area contributed by atoms with Crippen molar-refractivity contribution in [3.05, 3.63) is 53.3 Å². The summed E-state index contributed by atoms with van der Waals surface area (Å²) in [4.78, 5) is -0.727. The summed E-state index contributed by atoms with van der Waals surface area (Å²) in [6.07, 6.45) is 0. The smallest absolute Gasteiger partial charge is 0.262 e. The van der Waals surface area contributed by atoms with Crippen LogP contribution >= 0.6 is 0 Å². The maximum Gasteiger partial charge on any atom is 0.262 e. The number of aryl methyl sites for hydroxylation is 1. The van der Waals surface area contributed by atoms with E-state index in [1.54, 1.807) is 13.0 Å². The molecule has 24 heavy (non-hydrogen) atoms. The van der Waals surface area contributed by atoms with Crippen LogP contribution in [0, 0.1) is 24.1 Å². The number of nitrogens with one attached hydrogen (secondary N) is 1. The molecule has 0 amide bonds. The highest BCUT2D eigenvalue weighted by molar-refractivity contribution is 7.92. The van der Waals surface area contributed by atoms with E-state index in [2.05, 4.69) is 4.72 Å². The first-order chi connectivity index (χ1) is 11.0. The van der Waals surface area contributed by atoms with E-state index >= 15 is 0 Å². The van der Waals surface area contributed by atoms with Gasteiger partial charge in [-0.3, -0.25) is 4.72 Å². The van der Waals surface area contributed by atoms with Gasteiger partial charge in [0.2, 0.25) is 10.0 Å². The molecule has 0 heterocycles. The molecule has 0 unspecified atom stereocenters. The average Bonchev–Trinajstić information content (AvgIpc) is 2.44. The van der Waals surface area contributed by atoms with Crippen molar-refractivity contribution in [3.63, 3.8) is 0 Å². The minimum atomic E-state index is -4.22. The molecule has 0 aliphatic rings. The largest absolute Gasteiger partial charge is 0.280 e. The molecule has 0 saturated heterocycles. The lowest BCUT2D eigenvalue weighted by Crippen LogP contribution is -2.16. The van der Waals surface area contributed by atoms with Crippen molar-refractivity contribution in [2.45, 2.75) is 16.7 Å². The van der Waals surface area contributed by atoms with Crippen molar-refractivity contribution in [3.8, 4) is 6.07 Å². The molecule has 0 atom stereocenters. The van der Waals surface area contributed by atoms with E-state index in [0.717, 1.165) is 24.3 Å². The summed E-state index contributed by atoms with van der Waals surface area (Å²) in [5.41, 5.74) is 0.239. The van der Waals surface area contributed by atoms with Crippen molar-refractivity contribution >= 4 is 25.7 Å². The molecule has 2 aromatic carbocycles. The lowest BCUT2D eigenvalue weighted by atomic mass is 10.2. The molecule has 0 spiro atoms. The summed E-state index contributed by atoms with van der Waals surface area (Å²) in [5, 5.41) is 13.8. The summed E-state index contributed by atoms with van der Waals surface area (Å²) >= 11 is 0. The van der Waals surface area contributed by atoms with Crippen LogP contribution in [-0.2, 0) is 20.0 Å². The second-order valence-electron chi connectivity index (χ2n) is 4.97. The predicted molar refractivity (Wildman–Crippen MR) is 84.5 cm³/mol. The minimum Gasteiger partial charge on any atom is -0.280 e. The molecule has 3 N–H and O–H groups in total. The fourth-order valence-corrected chi connectivity index (χ4v) is 3.70. The van der Waals surface area contributed by atoms with Crippen LogP contribution in [0.5, 0.6) is 0 Å². The Hall–Kier alpha value is -2.48. The molecule has 0 saturated carbocycles. The van der Waals surface area contributed by atoms with E-state index in [-0.39, 0.29) is 16.1 Å². The van der Waals surface area contributed by atoms with Gasteiger partial charge in [0.05, 0.1) is 27.1 Å². The Morgan fingerprint density at radius 3 is 2.29 bits per heavy atom. The number of anilines is 1. The number of sulfonamides is 2. The summed E-state index contributed by atoms with van der Waals surface area (Å²) in [5.74, 6) is -0.885. The SMILES string of the molecule is Cc1cc(NS(=O)(=O)c2cc(F)cc(C#N)c2)cc(S(N)(=O)=O)c1. The number of nitriles is 1. The third-order valence-electron chi connectivity index (χ3n) is 2.94. The highest BCUT2D eigenvalue weighted by Gasteiger charge is 2.18. The molecule has 0 fully saturated rings. The van der Waals surface area contributed by atoms with Crippen LogP contribution in [0.2, 0.25) is 0 Å². The van der Waals surface area contributed by atoms with Crippen LogP contribution in [0.15, 0.2) is 46.2 Å². The molecule has 2 aromatic rings. The summed E-state index contributed by atoms with van der Waals surface area (Å²) in [7, 11) is -8.25.